The van der Waals surface area contributed by atoms with Gasteiger partial charge in [0.15, 0.2) is 5.69 Å². The zero-order valence-electron chi connectivity index (χ0n) is 16.5. The van der Waals surface area contributed by atoms with Crippen LogP contribution in [0.25, 0.3) is 0 Å². The number of hydroxylamine groups is 2. The minimum absolute atomic E-state index is 0.0881. The highest BCUT2D eigenvalue weighted by Crippen LogP contribution is 2.33. The average molecular weight is 468 g/mol. The molecule has 1 amide bonds. The van der Waals surface area contributed by atoms with E-state index < -0.39 is 21.8 Å². The van der Waals surface area contributed by atoms with E-state index >= 15 is 0 Å². The Kier molecular flexibility index (Phi) is 7.60. The van der Waals surface area contributed by atoms with Gasteiger partial charge in [0.05, 0.1) is 11.8 Å². The summed E-state index contributed by atoms with van der Waals surface area (Å²) < 4.78 is 33.1. The minimum atomic E-state index is -3.77. The lowest BCUT2D eigenvalue weighted by atomic mass is 10.1. The third-order valence-corrected chi connectivity index (χ3v) is 7.21. The number of sulfonamides is 1. The van der Waals surface area contributed by atoms with Crippen LogP contribution < -0.4 is 4.74 Å². The predicted octanol–water partition coefficient (Wildman–Crippen LogP) is 3.50. The fourth-order valence-electron chi connectivity index (χ4n) is 3.45. The van der Waals surface area contributed by atoms with Crippen molar-refractivity contribution in [2.24, 2.45) is 5.18 Å². The summed E-state index contributed by atoms with van der Waals surface area (Å²) in [6.07, 6.45) is 0.722. The monoisotopic (exact) mass is 467 g/mol. The molecule has 31 heavy (non-hydrogen) atoms. The van der Waals surface area contributed by atoms with Crippen molar-refractivity contribution in [1.29, 1.82) is 0 Å². The number of nitroso groups, excluding NO2 is 1. The zero-order valence-corrected chi connectivity index (χ0v) is 18.1. The Balaban J connectivity index is 1.65. The summed E-state index contributed by atoms with van der Waals surface area (Å²) in [6.45, 7) is 0.414. The third-order valence-electron chi connectivity index (χ3n) is 5.09. The van der Waals surface area contributed by atoms with Crippen LogP contribution in [-0.4, -0.2) is 54.3 Å². The fraction of sp³-hybridized carbons (Fsp3) is 0.350. The predicted molar refractivity (Wildman–Crippen MR) is 115 cm³/mol. The molecule has 1 aliphatic heterocycles. The molecule has 1 N–H and O–H groups in total. The molecular weight excluding hydrogens is 446 g/mol. The maximum Gasteiger partial charge on any atom is 0.233 e. The Morgan fingerprint density at radius 3 is 2.52 bits per heavy atom. The van der Waals surface area contributed by atoms with E-state index in [0.29, 0.717) is 34.2 Å². The van der Waals surface area contributed by atoms with Gasteiger partial charge >= 0.3 is 0 Å². The first kappa shape index (κ1) is 23.1. The van der Waals surface area contributed by atoms with Crippen molar-refractivity contribution < 1.29 is 23.2 Å². The lowest BCUT2D eigenvalue weighted by molar-refractivity contribution is -0.159. The quantitative estimate of drug-likeness (QED) is 0.261. The number of carbonyl (C=O) groups excluding carboxylic acids is 1. The molecule has 11 heteroatoms. The molecule has 2 aromatic carbocycles. The van der Waals surface area contributed by atoms with Crippen molar-refractivity contribution in [2.45, 2.75) is 25.0 Å². The number of rotatable bonds is 9. The second-order valence-electron chi connectivity index (χ2n) is 7.11. The van der Waals surface area contributed by atoms with Gasteiger partial charge in [-0.25, -0.2) is 17.8 Å². The van der Waals surface area contributed by atoms with Crippen molar-refractivity contribution in [2.75, 3.05) is 18.8 Å². The summed E-state index contributed by atoms with van der Waals surface area (Å²) in [5, 5.41) is 13.6. The lowest BCUT2D eigenvalue weighted by Gasteiger charge is -2.33. The second-order valence-corrected chi connectivity index (χ2v) is 9.56. The Morgan fingerprint density at radius 2 is 1.90 bits per heavy atom. The molecule has 1 unspecified atom stereocenters. The van der Waals surface area contributed by atoms with Crippen LogP contribution in [0.3, 0.4) is 0 Å². The number of piperidine rings is 1. The van der Waals surface area contributed by atoms with Gasteiger partial charge in [0, 0.05) is 18.1 Å². The van der Waals surface area contributed by atoms with E-state index in [1.54, 1.807) is 42.5 Å². The molecule has 166 valence electrons. The van der Waals surface area contributed by atoms with Gasteiger partial charge in [0.1, 0.15) is 11.9 Å². The Hall–Kier alpha value is -2.53. The van der Waals surface area contributed by atoms with Crippen LogP contribution in [0.15, 0.2) is 53.7 Å². The van der Waals surface area contributed by atoms with Crippen LogP contribution in [0.1, 0.15) is 24.4 Å². The van der Waals surface area contributed by atoms with Crippen molar-refractivity contribution in [3.05, 3.63) is 64.0 Å². The van der Waals surface area contributed by atoms with Gasteiger partial charge in [0.2, 0.25) is 16.4 Å². The number of hydrogen-bond acceptors (Lipinski definition) is 7. The Bertz CT molecular complexity index is 1010. The first-order chi connectivity index (χ1) is 14.8. The molecule has 1 aliphatic rings. The first-order valence-electron chi connectivity index (χ1n) is 9.59. The topological polar surface area (TPSA) is 117 Å². The highest BCUT2D eigenvalue weighted by Gasteiger charge is 2.33. The minimum Gasteiger partial charge on any atom is -0.488 e. The standard InChI is InChI=1S/C20H22ClN3O6S/c21-16-6-7-20(18(12-16)22-26)30-17-8-10-23(11-9-17)31(28,29)13-19(24(27)14-25)15-4-2-1-3-5-15/h1-7,12,14,17,19,27H,8-11,13H2. The van der Waals surface area contributed by atoms with E-state index in [1.165, 1.54) is 10.4 Å². The number of carbonyl (C=O) groups is 1. The van der Waals surface area contributed by atoms with Crippen LogP contribution >= 0.6 is 11.6 Å². The van der Waals surface area contributed by atoms with Crippen LogP contribution in [0, 0.1) is 4.91 Å². The molecule has 0 bridgehead atoms. The van der Waals surface area contributed by atoms with Crippen LogP contribution in [-0.2, 0) is 14.8 Å². The summed E-state index contributed by atoms with van der Waals surface area (Å²) in [5.74, 6) is -0.152. The van der Waals surface area contributed by atoms with E-state index in [-0.39, 0.29) is 31.3 Å². The molecule has 1 saturated heterocycles. The molecule has 0 spiro atoms. The van der Waals surface area contributed by atoms with Crippen LogP contribution in [0.4, 0.5) is 5.69 Å². The number of benzene rings is 2. The van der Waals surface area contributed by atoms with Crippen LogP contribution in [0.2, 0.25) is 5.02 Å². The maximum atomic E-state index is 13.0. The Morgan fingerprint density at radius 1 is 1.23 bits per heavy atom. The summed E-state index contributed by atoms with van der Waals surface area (Å²) in [7, 11) is -3.77. The normalized spacial score (nSPS) is 16.5. The first-order valence-corrected chi connectivity index (χ1v) is 11.6. The van der Waals surface area contributed by atoms with Crippen LogP contribution in [0.5, 0.6) is 5.75 Å². The number of ether oxygens (including phenoxy) is 1. The van der Waals surface area contributed by atoms with Gasteiger partial charge in [-0.3, -0.25) is 10.0 Å². The molecule has 0 aromatic heterocycles. The van der Waals surface area contributed by atoms with Gasteiger partial charge in [-0.15, -0.1) is 4.91 Å². The highest BCUT2D eigenvalue weighted by atomic mass is 35.5. The smallest absolute Gasteiger partial charge is 0.233 e. The molecule has 1 fully saturated rings. The molecule has 0 saturated carbocycles. The summed E-state index contributed by atoms with van der Waals surface area (Å²) in [5.41, 5.74) is 0.598. The SMILES string of the molecule is O=CN(O)C(CS(=O)(=O)N1CCC(Oc2ccc(Cl)cc2N=O)CC1)c1ccccc1. The molecule has 1 atom stereocenters. The summed E-state index contributed by atoms with van der Waals surface area (Å²) in [4.78, 5) is 22.1. The third kappa shape index (κ3) is 5.79. The van der Waals surface area contributed by atoms with E-state index in [2.05, 4.69) is 5.18 Å². The summed E-state index contributed by atoms with van der Waals surface area (Å²) >= 11 is 5.86. The molecule has 9 nitrogen and oxygen atoms in total. The largest absolute Gasteiger partial charge is 0.488 e. The van der Waals surface area contributed by atoms with Crippen molar-refractivity contribution in [1.82, 2.24) is 9.37 Å². The van der Waals surface area contributed by atoms with Gasteiger partial charge in [0.25, 0.3) is 0 Å². The highest BCUT2D eigenvalue weighted by molar-refractivity contribution is 7.89. The van der Waals surface area contributed by atoms with Gasteiger partial charge in [-0.1, -0.05) is 41.9 Å². The molecule has 0 aliphatic carbocycles. The van der Waals surface area contributed by atoms with E-state index in [0.717, 1.165) is 0 Å². The van der Waals surface area contributed by atoms with Gasteiger partial charge in [-0.2, -0.15) is 0 Å². The maximum absolute atomic E-state index is 13.0. The number of hydrogen-bond donors (Lipinski definition) is 1. The number of halogens is 1. The van der Waals surface area contributed by atoms with E-state index in [9.17, 15) is 23.3 Å². The van der Waals surface area contributed by atoms with E-state index in [1.807, 2.05) is 0 Å². The molecule has 2 aromatic rings. The Labute approximate surface area is 185 Å². The van der Waals surface area contributed by atoms with Crippen molar-refractivity contribution in [3.8, 4) is 5.75 Å². The fourth-order valence-corrected chi connectivity index (χ4v) is 5.34. The molecule has 0 radical (unpaired) electrons. The zero-order chi connectivity index (χ0) is 22.4. The van der Waals surface area contributed by atoms with Crippen molar-refractivity contribution >= 4 is 33.7 Å². The molecule has 1 heterocycles. The average Bonchev–Trinajstić information content (AvgIpc) is 2.79. The number of amides is 1. The van der Waals surface area contributed by atoms with Gasteiger partial charge in [-0.05, 0) is 41.8 Å². The van der Waals surface area contributed by atoms with Gasteiger partial charge < -0.3 is 4.74 Å². The number of nitrogens with zero attached hydrogens (tertiary/aromatic N) is 3. The van der Waals surface area contributed by atoms with E-state index in [4.69, 9.17) is 16.3 Å². The van der Waals surface area contributed by atoms with Crippen molar-refractivity contribution in [3.63, 3.8) is 0 Å². The molecule has 3 rings (SSSR count). The lowest BCUT2D eigenvalue weighted by Crippen LogP contribution is -2.44. The summed E-state index contributed by atoms with van der Waals surface area (Å²) in [6, 6.07) is 12.0. The second kappa shape index (κ2) is 10.2. The molecular formula is C20H22ClN3O6S.